The Kier molecular flexibility index (Phi) is 6.05. The third kappa shape index (κ3) is 4.82. The molecule has 0 aliphatic carbocycles. The third-order valence-corrected chi connectivity index (χ3v) is 5.70. The molecule has 0 N–H and O–H groups in total. The van der Waals surface area contributed by atoms with Gasteiger partial charge in [0.1, 0.15) is 0 Å². The number of rotatable bonds is 5. The summed E-state index contributed by atoms with van der Waals surface area (Å²) in [6, 6.07) is 26.6. The Hall–Kier alpha value is -2.85. The normalized spacial score (nSPS) is 15.3. The van der Waals surface area contributed by atoms with E-state index in [-0.39, 0.29) is 5.92 Å². The highest BCUT2D eigenvalue weighted by Gasteiger charge is 2.30. The molecule has 1 heterocycles. The molecule has 4 heteroatoms. The van der Waals surface area contributed by atoms with Crippen molar-refractivity contribution in [2.24, 2.45) is 0 Å². The fourth-order valence-electron chi connectivity index (χ4n) is 4.07. The first-order valence-corrected chi connectivity index (χ1v) is 10.2. The van der Waals surface area contributed by atoms with Gasteiger partial charge in [0, 0.05) is 25.6 Å². The number of alkyl halides is 3. The smallest absolute Gasteiger partial charge is 0.298 e. The quantitative estimate of drug-likeness (QED) is 0.459. The van der Waals surface area contributed by atoms with Crippen LogP contribution in [-0.4, -0.2) is 24.5 Å². The topological polar surface area (TPSA) is 3.24 Å². The first-order chi connectivity index (χ1) is 14.5. The second kappa shape index (κ2) is 8.88. The summed E-state index contributed by atoms with van der Waals surface area (Å²) in [6.07, 6.45) is -1.49. The van der Waals surface area contributed by atoms with E-state index in [0.29, 0.717) is 5.56 Å². The molecule has 0 spiro atoms. The van der Waals surface area contributed by atoms with E-state index in [1.165, 1.54) is 23.3 Å². The summed E-state index contributed by atoms with van der Waals surface area (Å²) in [4.78, 5) is 2.38. The summed E-state index contributed by atoms with van der Waals surface area (Å²) in [5, 5.41) is 0. The maximum Gasteiger partial charge on any atom is 0.416 e. The molecule has 0 amide bonds. The first kappa shape index (κ1) is 20.4. The summed E-state index contributed by atoms with van der Waals surface area (Å²) in [5.41, 5.74) is 3.63. The van der Waals surface area contributed by atoms with Gasteiger partial charge in [-0.1, -0.05) is 78.9 Å². The van der Waals surface area contributed by atoms with Crippen molar-refractivity contribution in [1.82, 2.24) is 4.90 Å². The maximum absolute atomic E-state index is 13.0. The van der Waals surface area contributed by atoms with Gasteiger partial charge in [-0.3, -0.25) is 4.90 Å². The molecule has 0 aromatic heterocycles. The number of nitrogens with zero attached hydrogens (tertiary/aromatic N) is 1. The molecule has 3 aromatic carbocycles. The van der Waals surface area contributed by atoms with Crippen molar-refractivity contribution in [2.45, 2.75) is 18.5 Å². The third-order valence-electron chi connectivity index (χ3n) is 5.70. The van der Waals surface area contributed by atoms with Crippen LogP contribution < -0.4 is 0 Å². The minimum absolute atomic E-state index is 0.260. The van der Waals surface area contributed by atoms with Gasteiger partial charge in [-0.05, 0) is 40.8 Å². The van der Waals surface area contributed by atoms with Gasteiger partial charge in [0.25, 0.3) is 0 Å². The van der Waals surface area contributed by atoms with Crippen LogP contribution in [0.1, 0.15) is 34.6 Å². The van der Waals surface area contributed by atoms with E-state index >= 15 is 0 Å². The Bertz CT molecular complexity index is 954. The van der Waals surface area contributed by atoms with Crippen molar-refractivity contribution in [2.75, 3.05) is 19.6 Å². The van der Waals surface area contributed by atoms with Crippen LogP contribution in [0.25, 0.3) is 5.57 Å². The zero-order valence-electron chi connectivity index (χ0n) is 16.6. The van der Waals surface area contributed by atoms with E-state index in [1.807, 2.05) is 12.1 Å². The highest BCUT2D eigenvalue weighted by atomic mass is 19.4. The standard InChI is InChI=1S/C26H24F3N/c27-26(28,29)24-13-7-12-23(18-24)20-14-16-30(17-15-20)19-25(21-8-3-1-4-9-21)22-10-5-2-6-11-22/h1-14,18,25H,15-17,19H2. The molecule has 3 aromatic rings. The number of hydrogen-bond acceptors (Lipinski definition) is 1. The molecular formula is C26H24F3N. The van der Waals surface area contributed by atoms with Crippen LogP contribution in [0.15, 0.2) is 91.0 Å². The fourth-order valence-corrected chi connectivity index (χ4v) is 4.07. The molecule has 0 saturated carbocycles. The van der Waals surface area contributed by atoms with Crippen LogP contribution >= 0.6 is 0 Å². The van der Waals surface area contributed by atoms with E-state index in [1.54, 1.807) is 6.07 Å². The monoisotopic (exact) mass is 407 g/mol. The number of hydrogen-bond donors (Lipinski definition) is 0. The van der Waals surface area contributed by atoms with Crippen LogP contribution in [0.5, 0.6) is 0 Å². The fraction of sp³-hybridized carbons (Fsp3) is 0.231. The Morgan fingerprint density at radius 1 is 0.800 bits per heavy atom. The summed E-state index contributed by atoms with van der Waals surface area (Å²) < 4.78 is 39.1. The van der Waals surface area contributed by atoms with Gasteiger partial charge < -0.3 is 0 Å². The van der Waals surface area contributed by atoms with Crippen LogP contribution in [0.4, 0.5) is 13.2 Å². The van der Waals surface area contributed by atoms with Crippen LogP contribution in [0, 0.1) is 0 Å². The van der Waals surface area contributed by atoms with Gasteiger partial charge in [0.2, 0.25) is 0 Å². The van der Waals surface area contributed by atoms with Gasteiger partial charge in [-0.25, -0.2) is 0 Å². The lowest BCUT2D eigenvalue weighted by molar-refractivity contribution is -0.137. The van der Waals surface area contributed by atoms with Crippen LogP contribution in [-0.2, 0) is 6.18 Å². The molecule has 0 saturated heterocycles. The Morgan fingerprint density at radius 2 is 1.43 bits per heavy atom. The van der Waals surface area contributed by atoms with Crippen molar-refractivity contribution in [3.05, 3.63) is 113 Å². The largest absolute Gasteiger partial charge is 0.416 e. The lowest BCUT2D eigenvalue weighted by atomic mass is 9.90. The lowest BCUT2D eigenvalue weighted by Crippen LogP contribution is -2.33. The van der Waals surface area contributed by atoms with Gasteiger partial charge in [-0.15, -0.1) is 0 Å². The van der Waals surface area contributed by atoms with E-state index in [2.05, 4.69) is 59.5 Å². The average molecular weight is 407 g/mol. The highest BCUT2D eigenvalue weighted by Crippen LogP contribution is 2.33. The Morgan fingerprint density at radius 3 is 1.97 bits per heavy atom. The van der Waals surface area contributed by atoms with Gasteiger partial charge in [0.05, 0.1) is 5.56 Å². The van der Waals surface area contributed by atoms with Crippen molar-refractivity contribution >= 4 is 5.57 Å². The average Bonchev–Trinajstić information content (AvgIpc) is 2.78. The molecule has 154 valence electrons. The van der Waals surface area contributed by atoms with Crippen LogP contribution in [0.3, 0.4) is 0 Å². The van der Waals surface area contributed by atoms with Crippen molar-refractivity contribution in [3.63, 3.8) is 0 Å². The summed E-state index contributed by atoms with van der Waals surface area (Å²) in [7, 11) is 0. The zero-order valence-corrected chi connectivity index (χ0v) is 16.6. The second-order valence-corrected chi connectivity index (χ2v) is 7.69. The Balaban J connectivity index is 1.51. The minimum Gasteiger partial charge on any atom is -0.298 e. The maximum atomic E-state index is 13.0. The predicted molar refractivity (Wildman–Crippen MR) is 115 cm³/mol. The first-order valence-electron chi connectivity index (χ1n) is 10.2. The molecular weight excluding hydrogens is 383 g/mol. The van der Waals surface area contributed by atoms with Crippen molar-refractivity contribution in [1.29, 1.82) is 0 Å². The SMILES string of the molecule is FC(F)(F)c1cccc(C2=CCN(CC(c3ccccc3)c3ccccc3)CC2)c1. The minimum atomic E-state index is -4.31. The molecule has 0 unspecified atom stereocenters. The summed E-state index contributed by atoms with van der Waals surface area (Å²) in [6.45, 7) is 2.44. The van der Waals surface area contributed by atoms with Crippen molar-refractivity contribution in [3.8, 4) is 0 Å². The molecule has 0 bridgehead atoms. The van der Waals surface area contributed by atoms with E-state index in [0.717, 1.165) is 37.7 Å². The van der Waals surface area contributed by atoms with E-state index in [9.17, 15) is 13.2 Å². The molecule has 4 rings (SSSR count). The predicted octanol–water partition coefficient (Wildman–Crippen LogP) is 6.63. The highest BCUT2D eigenvalue weighted by molar-refractivity contribution is 5.67. The molecule has 0 radical (unpaired) electrons. The zero-order chi connectivity index (χ0) is 21.0. The van der Waals surface area contributed by atoms with Crippen molar-refractivity contribution < 1.29 is 13.2 Å². The summed E-state index contributed by atoms with van der Waals surface area (Å²) in [5.74, 6) is 0.260. The molecule has 30 heavy (non-hydrogen) atoms. The molecule has 0 fully saturated rings. The number of benzene rings is 3. The summed E-state index contributed by atoms with van der Waals surface area (Å²) >= 11 is 0. The molecule has 0 atom stereocenters. The molecule has 1 aliphatic heterocycles. The Labute approximate surface area is 175 Å². The van der Waals surface area contributed by atoms with E-state index < -0.39 is 11.7 Å². The molecule has 1 aliphatic rings. The molecule has 1 nitrogen and oxygen atoms in total. The van der Waals surface area contributed by atoms with Crippen LogP contribution in [0.2, 0.25) is 0 Å². The lowest BCUT2D eigenvalue weighted by Gasteiger charge is -2.31. The number of halogens is 3. The van der Waals surface area contributed by atoms with Gasteiger partial charge >= 0.3 is 6.18 Å². The van der Waals surface area contributed by atoms with Gasteiger partial charge in [0.15, 0.2) is 0 Å². The second-order valence-electron chi connectivity index (χ2n) is 7.69. The van der Waals surface area contributed by atoms with E-state index in [4.69, 9.17) is 0 Å². The van der Waals surface area contributed by atoms with Gasteiger partial charge in [-0.2, -0.15) is 13.2 Å².